The van der Waals surface area contributed by atoms with Crippen LogP contribution < -0.4 is 5.43 Å². The molecule has 27 heavy (non-hydrogen) atoms. The van der Waals surface area contributed by atoms with Gasteiger partial charge in [-0.15, -0.1) is 0 Å². The minimum absolute atomic E-state index is 0.155. The highest BCUT2D eigenvalue weighted by atomic mass is 16.1. The zero-order valence-corrected chi connectivity index (χ0v) is 17.4. The number of fused-ring (bicyclic) bond motifs is 1. The Kier molecular flexibility index (Phi) is 9.97. The highest BCUT2D eigenvalue weighted by Crippen LogP contribution is 2.15. The van der Waals surface area contributed by atoms with Gasteiger partial charge in [-0.2, -0.15) is 0 Å². The second kappa shape index (κ2) is 12.5. The van der Waals surface area contributed by atoms with Gasteiger partial charge in [-0.05, 0) is 44.2 Å². The molecule has 1 aromatic carbocycles. The molecule has 0 aliphatic rings. The van der Waals surface area contributed by atoms with Crippen LogP contribution in [-0.4, -0.2) is 4.57 Å². The number of unbranched alkanes of at least 4 members (excludes halogenated alkanes) is 9. The van der Waals surface area contributed by atoms with Crippen LogP contribution in [-0.2, 0) is 13.5 Å². The first-order chi connectivity index (χ1) is 13.2. The van der Waals surface area contributed by atoms with Crippen molar-refractivity contribution in [1.29, 1.82) is 0 Å². The average molecular weight is 368 g/mol. The van der Waals surface area contributed by atoms with Gasteiger partial charge in [0.05, 0.1) is 5.52 Å². The van der Waals surface area contributed by atoms with Crippen molar-refractivity contribution in [3.63, 3.8) is 0 Å². The molecular formula is C25H37NO. The number of rotatable bonds is 13. The Morgan fingerprint density at radius 3 is 2.22 bits per heavy atom. The third-order valence-electron chi connectivity index (χ3n) is 5.45. The number of hydrogen-bond acceptors (Lipinski definition) is 1. The molecule has 0 spiro atoms. The van der Waals surface area contributed by atoms with Gasteiger partial charge in [-0.1, -0.05) is 76.2 Å². The SMILES string of the molecule is CCCC/C=C\CCCCCCCCCc1cc(=O)c2ccccc2n1C. The molecule has 1 heterocycles. The summed E-state index contributed by atoms with van der Waals surface area (Å²) in [4.78, 5) is 12.3. The molecule has 0 atom stereocenters. The van der Waals surface area contributed by atoms with Gasteiger partial charge in [0.15, 0.2) is 5.43 Å². The van der Waals surface area contributed by atoms with E-state index in [0.29, 0.717) is 0 Å². The molecule has 2 rings (SSSR count). The minimum atomic E-state index is 0.155. The van der Waals surface area contributed by atoms with Gasteiger partial charge >= 0.3 is 0 Å². The molecule has 0 bridgehead atoms. The number of para-hydroxylation sites is 1. The fourth-order valence-electron chi connectivity index (χ4n) is 3.70. The highest BCUT2D eigenvalue weighted by Gasteiger charge is 2.05. The summed E-state index contributed by atoms with van der Waals surface area (Å²) in [5, 5.41) is 0.823. The van der Waals surface area contributed by atoms with E-state index in [2.05, 4.69) is 30.7 Å². The van der Waals surface area contributed by atoms with E-state index in [1.165, 1.54) is 70.6 Å². The van der Waals surface area contributed by atoms with E-state index in [4.69, 9.17) is 0 Å². The number of aryl methyl sites for hydroxylation is 2. The van der Waals surface area contributed by atoms with E-state index in [-0.39, 0.29) is 5.43 Å². The second-order valence-corrected chi connectivity index (χ2v) is 7.70. The predicted molar refractivity (Wildman–Crippen MR) is 118 cm³/mol. The summed E-state index contributed by atoms with van der Waals surface area (Å²) in [5.74, 6) is 0. The van der Waals surface area contributed by atoms with Crippen molar-refractivity contribution in [2.75, 3.05) is 0 Å². The number of pyridine rings is 1. The third kappa shape index (κ3) is 7.36. The van der Waals surface area contributed by atoms with Gasteiger partial charge in [0.1, 0.15) is 0 Å². The number of nitrogens with zero attached hydrogens (tertiary/aromatic N) is 1. The molecule has 2 nitrogen and oxygen atoms in total. The maximum Gasteiger partial charge on any atom is 0.189 e. The summed E-state index contributed by atoms with van der Waals surface area (Å²) in [7, 11) is 2.08. The van der Waals surface area contributed by atoms with Gasteiger partial charge in [-0.25, -0.2) is 0 Å². The molecule has 148 valence electrons. The van der Waals surface area contributed by atoms with Crippen molar-refractivity contribution in [3.8, 4) is 0 Å². The van der Waals surface area contributed by atoms with Gasteiger partial charge < -0.3 is 4.57 Å². The second-order valence-electron chi connectivity index (χ2n) is 7.70. The van der Waals surface area contributed by atoms with E-state index < -0.39 is 0 Å². The fraction of sp³-hybridized carbons (Fsp3) is 0.560. The first kappa shape index (κ1) is 21.5. The Hall–Kier alpha value is -1.83. The number of hydrogen-bond donors (Lipinski definition) is 0. The summed E-state index contributed by atoms with van der Waals surface area (Å²) in [6, 6.07) is 9.73. The summed E-state index contributed by atoms with van der Waals surface area (Å²) < 4.78 is 2.19. The smallest absolute Gasteiger partial charge is 0.189 e. The monoisotopic (exact) mass is 367 g/mol. The Morgan fingerprint density at radius 1 is 0.852 bits per heavy atom. The lowest BCUT2D eigenvalue weighted by Crippen LogP contribution is -2.11. The van der Waals surface area contributed by atoms with Crippen LogP contribution >= 0.6 is 0 Å². The Balaban J connectivity index is 1.59. The molecule has 0 saturated carbocycles. The topological polar surface area (TPSA) is 22.0 Å². The molecule has 2 aromatic rings. The number of allylic oxidation sites excluding steroid dienone is 2. The Morgan fingerprint density at radius 2 is 1.48 bits per heavy atom. The molecular weight excluding hydrogens is 330 g/mol. The van der Waals surface area contributed by atoms with Crippen LogP contribution in [0.15, 0.2) is 47.3 Å². The zero-order valence-electron chi connectivity index (χ0n) is 17.4. The minimum Gasteiger partial charge on any atom is -0.347 e. The van der Waals surface area contributed by atoms with E-state index in [1.807, 2.05) is 30.3 Å². The van der Waals surface area contributed by atoms with Gasteiger partial charge in [-0.3, -0.25) is 4.79 Å². The van der Waals surface area contributed by atoms with Crippen LogP contribution in [0.2, 0.25) is 0 Å². The van der Waals surface area contributed by atoms with E-state index >= 15 is 0 Å². The van der Waals surface area contributed by atoms with Crippen molar-refractivity contribution >= 4 is 10.9 Å². The first-order valence-electron chi connectivity index (χ1n) is 11.0. The lowest BCUT2D eigenvalue weighted by Gasteiger charge is -2.12. The Labute approximate surface area is 165 Å². The summed E-state index contributed by atoms with van der Waals surface area (Å²) >= 11 is 0. The summed E-state index contributed by atoms with van der Waals surface area (Å²) in [6.07, 6.45) is 20.0. The molecule has 0 N–H and O–H groups in total. The van der Waals surface area contributed by atoms with Gasteiger partial charge in [0.2, 0.25) is 0 Å². The van der Waals surface area contributed by atoms with E-state index in [1.54, 1.807) is 0 Å². The van der Waals surface area contributed by atoms with Crippen molar-refractivity contribution in [3.05, 3.63) is 58.4 Å². The summed E-state index contributed by atoms with van der Waals surface area (Å²) in [6.45, 7) is 2.25. The van der Waals surface area contributed by atoms with Crippen LogP contribution in [0.1, 0.15) is 83.2 Å². The predicted octanol–water partition coefficient (Wildman–Crippen LogP) is 6.95. The standard InChI is InChI=1S/C25H37NO/c1-3-4-5-6-7-8-9-10-11-12-13-14-15-18-22-21-25(27)23-19-16-17-20-24(23)26(22)2/h6-7,16-17,19-21H,3-5,8-15,18H2,1-2H3/b7-6-. The molecule has 0 amide bonds. The van der Waals surface area contributed by atoms with Gasteiger partial charge in [0, 0.05) is 24.2 Å². The van der Waals surface area contributed by atoms with Crippen LogP contribution in [0.5, 0.6) is 0 Å². The van der Waals surface area contributed by atoms with Crippen molar-refractivity contribution in [2.24, 2.45) is 7.05 Å². The molecule has 0 fully saturated rings. The molecule has 0 aliphatic carbocycles. The highest BCUT2D eigenvalue weighted by molar-refractivity contribution is 5.79. The van der Waals surface area contributed by atoms with Crippen LogP contribution in [0.25, 0.3) is 10.9 Å². The average Bonchev–Trinajstić information content (AvgIpc) is 2.69. The maximum absolute atomic E-state index is 12.3. The van der Waals surface area contributed by atoms with Gasteiger partial charge in [0.25, 0.3) is 0 Å². The third-order valence-corrected chi connectivity index (χ3v) is 5.45. The first-order valence-corrected chi connectivity index (χ1v) is 11.0. The van der Waals surface area contributed by atoms with E-state index in [9.17, 15) is 4.79 Å². The van der Waals surface area contributed by atoms with Crippen LogP contribution in [0, 0.1) is 0 Å². The number of benzene rings is 1. The van der Waals surface area contributed by atoms with Crippen LogP contribution in [0.3, 0.4) is 0 Å². The van der Waals surface area contributed by atoms with Crippen LogP contribution in [0.4, 0.5) is 0 Å². The largest absolute Gasteiger partial charge is 0.347 e. The molecule has 0 aliphatic heterocycles. The van der Waals surface area contributed by atoms with Crippen molar-refractivity contribution in [1.82, 2.24) is 4.57 Å². The normalized spacial score (nSPS) is 11.6. The molecule has 1 aromatic heterocycles. The Bertz CT molecular complexity index is 756. The molecule has 0 saturated heterocycles. The van der Waals surface area contributed by atoms with Crippen molar-refractivity contribution in [2.45, 2.75) is 84.0 Å². The molecule has 2 heteroatoms. The maximum atomic E-state index is 12.3. The van der Waals surface area contributed by atoms with Crippen molar-refractivity contribution < 1.29 is 0 Å². The van der Waals surface area contributed by atoms with E-state index in [0.717, 1.165) is 23.0 Å². The summed E-state index contributed by atoms with van der Waals surface area (Å²) in [5.41, 5.74) is 2.36. The fourth-order valence-corrected chi connectivity index (χ4v) is 3.70. The molecule has 0 unspecified atom stereocenters. The quantitative estimate of drug-likeness (QED) is 0.277. The zero-order chi connectivity index (χ0) is 19.3. The lowest BCUT2D eigenvalue weighted by atomic mass is 10.0. The lowest BCUT2D eigenvalue weighted by molar-refractivity contribution is 0.576. The molecule has 0 radical (unpaired) electrons. The number of aromatic nitrogens is 1.